The van der Waals surface area contributed by atoms with Gasteiger partial charge in [0.25, 0.3) is 0 Å². The zero-order chi connectivity index (χ0) is 9.64. The van der Waals surface area contributed by atoms with Crippen LogP contribution < -0.4 is 5.32 Å². The number of rotatable bonds is 2. The average Bonchev–Trinajstić information content (AvgIpc) is 2.29. The van der Waals surface area contributed by atoms with E-state index in [0.717, 1.165) is 32.5 Å². The molecule has 2 rings (SSSR count). The van der Waals surface area contributed by atoms with E-state index in [4.69, 9.17) is 0 Å². The molecule has 1 fully saturated rings. The molecule has 1 aromatic carbocycles. The molecule has 0 aromatic heterocycles. The molecule has 0 saturated carbocycles. The van der Waals surface area contributed by atoms with Gasteiger partial charge in [0, 0.05) is 18.8 Å². The van der Waals surface area contributed by atoms with Crippen LogP contribution in [0.5, 0.6) is 0 Å². The first-order valence-corrected chi connectivity index (χ1v) is 5.22. The van der Waals surface area contributed by atoms with Crippen LogP contribution in [0.4, 0.5) is 0 Å². The van der Waals surface area contributed by atoms with Crippen LogP contribution in [0, 0.1) is 0 Å². The van der Waals surface area contributed by atoms with Crippen molar-refractivity contribution in [3.8, 4) is 0 Å². The molecule has 2 heteroatoms. The highest BCUT2D eigenvalue weighted by Crippen LogP contribution is 2.04. The summed E-state index contributed by atoms with van der Waals surface area (Å²) >= 11 is 0. The maximum absolute atomic E-state index is 4.63. The standard InChI is InChI=1S/C12H16N2/c1-2-4-11(5-3-1)10-14-12-6-8-13-9-7-12/h1-5,13H,6-10H2. The molecule has 0 atom stereocenters. The molecule has 14 heavy (non-hydrogen) atoms. The number of nitrogens with zero attached hydrogens (tertiary/aromatic N) is 1. The number of benzene rings is 1. The van der Waals surface area contributed by atoms with Gasteiger partial charge in [-0.05, 0) is 18.4 Å². The van der Waals surface area contributed by atoms with Crippen molar-refractivity contribution in [2.75, 3.05) is 13.1 Å². The van der Waals surface area contributed by atoms with Crippen molar-refractivity contribution in [3.63, 3.8) is 0 Å². The summed E-state index contributed by atoms with van der Waals surface area (Å²) in [5.41, 5.74) is 2.67. The highest BCUT2D eigenvalue weighted by Gasteiger charge is 2.04. The van der Waals surface area contributed by atoms with Crippen molar-refractivity contribution >= 4 is 5.71 Å². The Labute approximate surface area is 85.1 Å². The van der Waals surface area contributed by atoms with Crippen molar-refractivity contribution in [1.82, 2.24) is 5.32 Å². The number of hydrogen-bond donors (Lipinski definition) is 1. The molecule has 1 aliphatic heterocycles. The zero-order valence-electron chi connectivity index (χ0n) is 8.37. The van der Waals surface area contributed by atoms with Crippen LogP contribution in [0.1, 0.15) is 18.4 Å². The van der Waals surface area contributed by atoms with Gasteiger partial charge in [-0.3, -0.25) is 4.99 Å². The monoisotopic (exact) mass is 188 g/mol. The van der Waals surface area contributed by atoms with Crippen LogP contribution in [-0.2, 0) is 6.54 Å². The third-order valence-electron chi connectivity index (χ3n) is 2.51. The van der Waals surface area contributed by atoms with Gasteiger partial charge in [-0.25, -0.2) is 0 Å². The van der Waals surface area contributed by atoms with Crippen LogP contribution in [0.25, 0.3) is 0 Å². The van der Waals surface area contributed by atoms with E-state index in [2.05, 4.69) is 34.6 Å². The highest BCUT2D eigenvalue weighted by atomic mass is 14.9. The number of hydrogen-bond acceptors (Lipinski definition) is 2. The Morgan fingerprint density at radius 1 is 1.07 bits per heavy atom. The minimum Gasteiger partial charge on any atom is -0.316 e. The van der Waals surface area contributed by atoms with Gasteiger partial charge >= 0.3 is 0 Å². The van der Waals surface area contributed by atoms with E-state index >= 15 is 0 Å². The molecule has 0 radical (unpaired) electrons. The fourth-order valence-corrected chi connectivity index (χ4v) is 1.66. The van der Waals surface area contributed by atoms with Gasteiger partial charge in [0.1, 0.15) is 0 Å². The topological polar surface area (TPSA) is 24.4 Å². The molecule has 0 spiro atoms. The first-order chi connectivity index (χ1) is 6.95. The first-order valence-electron chi connectivity index (χ1n) is 5.22. The SMILES string of the molecule is c1ccc(CN=C2CCNCC2)cc1. The predicted molar refractivity (Wildman–Crippen MR) is 59.7 cm³/mol. The Balaban J connectivity index is 1.92. The molecule has 0 amide bonds. The van der Waals surface area contributed by atoms with Crippen LogP contribution >= 0.6 is 0 Å². The van der Waals surface area contributed by atoms with Gasteiger partial charge in [-0.15, -0.1) is 0 Å². The van der Waals surface area contributed by atoms with Gasteiger partial charge < -0.3 is 5.32 Å². The Kier molecular flexibility index (Phi) is 3.30. The van der Waals surface area contributed by atoms with E-state index in [1.54, 1.807) is 0 Å². The molecule has 0 bridgehead atoms. The molecule has 0 unspecified atom stereocenters. The summed E-state index contributed by atoms with van der Waals surface area (Å²) in [7, 11) is 0. The van der Waals surface area contributed by atoms with Crippen LogP contribution in [0.15, 0.2) is 35.3 Å². The van der Waals surface area contributed by atoms with E-state index in [1.807, 2.05) is 6.07 Å². The average molecular weight is 188 g/mol. The zero-order valence-corrected chi connectivity index (χ0v) is 8.37. The van der Waals surface area contributed by atoms with E-state index in [0.29, 0.717) is 0 Å². The summed E-state index contributed by atoms with van der Waals surface area (Å²) in [5, 5.41) is 3.33. The van der Waals surface area contributed by atoms with Gasteiger partial charge in [-0.2, -0.15) is 0 Å². The largest absolute Gasteiger partial charge is 0.316 e. The van der Waals surface area contributed by atoms with Gasteiger partial charge in [0.15, 0.2) is 0 Å². The third-order valence-corrected chi connectivity index (χ3v) is 2.51. The maximum Gasteiger partial charge on any atom is 0.0639 e. The molecule has 1 aromatic rings. The molecule has 2 nitrogen and oxygen atoms in total. The molecular weight excluding hydrogens is 172 g/mol. The maximum atomic E-state index is 4.63. The van der Waals surface area contributed by atoms with E-state index in [9.17, 15) is 0 Å². The van der Waals surface area contributed by atoms with E-state index in [1.165, 1.54) is 11.3 Å². The molecule has 1 saturated heterocycles. The molecule has 1 heterocycles. The van der Waals surface area contributed by atoms with Crippen molar-refractivity contribution in [3.05, 3.63) is 35.9 Å². The second kappa shape index (κ2) is 4.91. The van der Waals surface area contributed by atoms with Crippen LogP contribution in [-0.4, -0.2) is 18.8 Å². The quantitative estimate of drug-likeness (QED) is 0.754. The summed E-state index contributed by atoms with van der Waals surface area (Å²) in [4.78, 5) is 4.63. The van der Waals surface area contributed by atoms with Crippen molar-refractivity contribution in [2.24, 2.45) is 4.99 Å². The Morgan fingerprint density at radius 2 is 1.79 bits per heavy atom. The first kappa shape index (κ1) is 9.41. The van der Waals surface area contributed by atoms with Crippen molar-refractivity contribution in [2.45, 2.75) is 19.4 Å². The number of aliphatic imine (C=N–C) groups is 1. The lowest BCUT2D eigenvalue weighted by atomic mass is 10.1. The molecule has 1 N–H and O–H groups in total. The lowest BCUT2D eigenvalue weighted by Crippen LogP contribution is -2.27. The second-order valence-corrected chi connectivity index (χ2v) is 3.62. The van der Waals surface area contributed by atoms with Crippen LogP contribution in [0.2, 0.25) is 0 Å². The third kappa shape index (κ3) is 2.67. The highest BCUT2D eigenvalue weighted by molar-refractivity contribution is 5.85. The van der Waals surface area contributed by atoms with Gasteiger partial charge in [0.05, 0.1) is 6.54 Å². The molecule has 1 aliphatic rings. The number of nitrogens with one attached hydrogen (secondary N) is 1. The summed E-state index contributed by atoms with van der Waals surface area (Å²) in [5.74, 6) is 0. The van der Waals surface area contributed by atoms with Crippen molar-refractivity contribution < 1.29 is 0 Å². The fraction of sp³-hybridized carbons (Fsp3) is 0.417. The van der Waals surface area contributed by atoms with Gasteiger partial charge in [0.2, 0.25) is 0 Å². The lowest BCUT2D eigenvalue weighted by molar-refractivity contribution is 0.668. The summed E-state index contributed by atoms with van der Waals surface area (Å²) in [6, 6.07) is 10.4. The second-order valence-electron chi connectivity index (χ2n) is 3.62. The lowest BCUT2D eigenvalue weighted by Gasteiger charge is -2.13. The van der Waals surface area contributed by atoms with Crippen LogP contribution in [0.3, 0.4) is 0 Å². The molecule has 0 aliphatic carbocycles. The Bertz CT molecular complexity index is 295. The molecule has 74 valence electrons. The minimum atomic E-state index is 0.843. The van der Waals surface area contributed by atoms with E-state index < -0.39 is 0 Å². The fourth-order valence-electron chi connectivity index (χ4n) is 1.66. The van der Waals surface area contributed by atoms with E-state index in [-0.39, 0.29) is 0 Å². The predicted octanol–water partition coefficient (Wildman–Crippen LogP) is 2.01. The minimum absolute atomic E-state index is 0.843. The Morgan fingerprint density at radius 3 is 2.50 bits per heavy atom. The van der Waals surface area contributed by atoms with Gasteiger partial charge in [-0.1, -0.05) is 30.3 Å². The van der Waals surface area contributed by atoms with Crippen molar-refractivity contribution in [1.29, 1.82) is 0 Å². The summed E-state index contributed by atoms with van der Waals surface area (Å²) in [6.07, 6.45) is 2.24. The molecular formula is C12H16N2. The Hall–Kier alpha value is -1.15. The summed E-state index contributed by atoms with van der Waals surface area (Å²) < 4.78 is 0. The normalized spacial score (nSPS) is 16.7. The smallest absolute Gasteiger partial charge is 0.0639 e. The number of piperidine rings is 1. The summed E-state index contributed by atoms with van der Waals surface area (Å²) in [6.45, 7) is 3.03.